The van der Waals surface area contributed by atoms with E-state index in [2.05, 4.69) is 29.2 Å². The minimum Gasteiger partial charge on any atom is -0.316 e. The number of hydrogen-bond acceptors (Lipinski definition) is 2. The Kier molecular flexibility index (Phi) is 3.80. The van der Waals surface area contributed by atoms with Gasteiger partial charge in [-0.25, -0.2) is 0 Å². The van der Waals surface area contributed by atoms with Crippen LogP contribution < -0.4 is 5.73 Å². The van der Waals surface area contributed by atoms with E-state index in [9.17, 15) is 0 Å². The van der Waals surface area contributed by atoms with Crippen molar-refractivity contribution in [2.45, 2.75) is 12.0 Å². The number of pyridine rings is 1. The Morgan fingerprint density at radius 1 is 0.762 bits per heavy atom. The average molecular weight is 274 g/mol. The Morgan fingerprint density at radius 2 is 1.38 bits per heavy atom. The van der Waals surface area contributed by atoms with Crippen molar-refractivity contribution in [3.8, 4) is 0 Å². The van der Waals surface area contributed by atoms with Crippen LogP contribution in [0.5, 0.6) is 0 Å². The summed E-state index contributed by atoms with van der Waals surface area (Å²) in [6.07, 6.45) is 2.51. The van der Waals surface area contributed by atoms with E-state index in [-0.39, 0.29) is 0 Å². The zero-order valence-corrected chi connectivity index (χ0v) is 11.8. The zero-order valence-electron chi connectivity index (χ0n) is 11.8. The van der Waals surface area contributed by atoms with Crippen molar-refractivity contribution in [1.29, 1.82) is 0 Å². The molecule has 2 nitrogen and oxygen atoms in total. The number of nitrogens with two attached hydrogens (primary N) is 1. The molecule has 1 heterocycles. The molecule has 2 aromatic carbocycles. The van der Waals surface area contributed by atoms with Crippen LogP contribution in [0.15, 0.2) is 85.1 Å². The van der Waals surface area contributed by atoms with E-state index in [1.54, 1.807) is 6.20 Å². The molecule has 104 valence electrons. The van der Waals surface area contributed by atoms with Crippen LogP contribution in [0.3, 0.4) is 0 Å². The van der Waals surface area contributed by atoms with Crippen LogP contribution in [0.4, 0.5) is 0 Å². The SMILES string of the molecule is N[C@](Cc1ccccc1)(c1ccccc1)c1ccccn1. The number of benzene rings is 2. The summed E-state index contributed by atoms with van der Waals surface area (Å²) >= 11 is 0. The van der Waals surface area contributed by atoms with Gasteiger partial charge >= 0.3 is 0 Å². The molecule has 0 unspecified atom stereocenters. The summed E-state index contributed by atoms with van der Waals surface area (Å²) in [5.74, 6) is 0. The lowest BCUT2D eigenvalue weighted by Gasteiger charge is -2.30. The smallest absolute Gasteiger partial charge is 0.0879 e. The third kappa shape index (κ3) is 2.86. The molecule has 1 atom stereocenters. The first kappa shape index (κ1) is 13.5. The van der Waals surface area contributed by atoms with Gasteiger partial charge in [0.25, 0.3) is 0 Å². The van der Waals surface area contributed by atoms with E-state index in [4.69, 9.17) is 5.73 Å². The molecular weight excluding hydrogens is 256 g/mol. The Hall–Kier alpha value is -2.45. The van der Waals surface area contributed by atoms with Gasteiger partial charge in [-0.05, 0) is 23.3 Å². The monoisotopic (exact) mass is 274 g/mol. The predicted molar refractivity (Wildman–Crippen MR) is 85.8 cm³/mol. The lowest BCUT2D eigenvalue weighted by Crippen LogP contribution is -2.41. The molecule has 0 saturated heterocycles. The Morgan fingerprint density at radius 3 is 2.00 bits per heavy atom. The molecule has 2 heteroatoms. The lowest BCUT2D eigenvalue weighted by atomic mass is 9.81. The zero-order chi connectivity index (χ0) is 14.5. The van der Waals surface area contributed by atoms with Gasteiger partial charge < -0.3 is 5.73 Å². The van der Waals surface area contributed by atoms with Crippen LogP contribution in [0.25, 0.3) is 0 Å². The molecule has 3 aromatic rings. The van der Waals surface area contributed by atoms with Gasteiger partial charge in [0.2, 0.25) is 0 Å². The van der Waals surface area contributed by atoms with Crippen molar-refractivity contribution < 1.29 is 0 Å². The fourth-order valence-corrected chi connectivity index (χ4v) is 2.62. The summed E-state index contributed by atoms with van der Waals surface area (Å²) < 4.78 is 0. The third-order valence-electron chi connectivity index (χ3n) is 3.74. The second kappa shape index (κ2) is 5.90. The van der Waals surface area contributed by atoms with Crippen molar-refractivity contribution in [1.82, 2.24) is 4.98 Å². The normalized spacial score (nSPS) is 13.6. The maximum absolute atomic E-state index is 6.81. The third-order valence-corrected chi connectivity index (χ3v) is 3.74. The van der Waals surface area contributed by atoms with Gasteiger partial charge in [0.1, 0.15) is 0 Å². The maximum Gasteiger partial charge on any atom is 0.0879 e. The summed E-state index contributed by atoms with van der Waals surface area (Å²) in [5, 5.41) is 0. The largest absolute Gasteiger partial charge is 0.316 e. The Bertz CT molecular complexity index is 639. The summed E-state index contributed by atoms with van der Waals surface area (Å²) in [5.41, 5.74) is 9.36. The van der Waals surface area contributed by atoms with Crippen LogP contribution >= 0.6 is 0 Å². The standard InChI is InChI=1S/C19H18N2/c20-19(17-11-5-2-6-12-17,18-13-7-8-14-21-18)15-16-9-3-1-4-10-16/h1-14H,15,20H2/t19-/m1/s1. The average Bonchev–Trinajstić information content (AvgIpc) is 2.57. The first-order valence-corrected chi connectivity index (χ1v) is 7.09. The second-order valence-corrected chi connectivity index (χ2v) is 5.21. The van der Waals surface area contributed by atoms with Gasteiger partial charge in [-0.2, -0.15) is 0 Å². The van der Waals surface area contributed by atoms with E-state index < -0.39 is 5.54 Å². The van der Waals surface area contributed by atoms with Crippen molar-refractivity contribution in [2.75, 3.05) is 0 Å². The van der Waals surface area contributed by atoms with Crippen molar-refractivity contribution in [3.63, 3.8) is 0 Å². The van der Waals surface area contributed by atoms with Gasteiger partial charge in [-0.3, -0.25) is 4.98 Å². The molecule has 0 saturated carbocycles. The van der Waals surface area contributed by atoms with Crippen LogP contribution in [0, 0.1) is 0 Å². The molecule has 0 radical (unpaired) electrons. The second-order valence-electron chi connectivity index (χ2n) is 5.21. The highest BCUT2D eigenvalue weighted by Gasteiger charge is 2.31. The quantitative estimate of drug-likeness (QED) is 0.790. The molecule has 3 rings (SSSR count). The highest BCUT2D eigenvalue weighted by Crippen LogP contribution is 2.29. The van der Waals surface area contributed by atoms with Gasteiger partial charge in [0, 0.05) is 12.6 Å². The molecule has 21 heavy (non-hydrogen) atoms. The molecule has 0 bridgehead atoms. The van der Waals surface area contributed by atoms with E-state index >= 15 is 0 Å². The predicted octanol–water partition coefficient (Wildman–Crippen LogP) is 3.53. The van der Waals surface area contributed by atoms with Crippen molar-refractivity contribution in [3.05, 3.63) is 102 Å². The Balaban J connectivity index is 2.07. The molecule has 0 amide bonds. The fraction of sp³-hybridized carbons (Fsp3) is 0.105. The Labute approximate surface area is 125 Å². The number of rotatable bonds is 4. The molecular formula is C19H18N2. The first-order valence-electron chi connectivity index (χ1n) is 7.09. The minimum atomic E-state index is -0.621. The van der Waals surface area contributed by atoms with E-state index in [1.165, 1.54) is 5.56 Å². The van der Waals surface area contributed by atoms with E-state index in [0.717, 1.165) is 17.7 Å². The van der Waals surface area contributed by atoms with Crippen LogP contribution in [0.1, 0.15) is 16.8 Å². The number of aromatic nitrogens is 1. The molecule has 2 N–H and O–H groups in total. The number of hydrogen-bond donors (Lipinski definition) is 1. The molecule has 1 aromatic heterocycles. The summed E-state index contributed by atoms with van der Waals surface area (Å²) in [4.78, 5) is 4.50. The maximum atomic E-state index is 6.81. The molecule has 0 aliphatic heterocycles. The van der Waals surface area contributed by atoms with Crippen LogP contribution in [-0.4, -0.2) is 4.98 Å². The van der Waals surface area contributed by atoms with Crippen molar-refractivity contribution >= 4 is 0 Å². The fourth-order valence-electron chi connectivity index (χ4n) is 2.62. The number of nitrogens with zero attached hydrogens (tertiary/aromatic N) is 1. The first-order chi connectivity index (χ1) is 10.3. The van der Waals surface area contributed by atoms with Gasteiger partial charge in [0.15, 0.2) is 0 Å². The molecule has 0 spiro atoms. The van der Waals surface area contributed by atoms with Gasteiger partial charge in [-0.1, -0.05) is 66.7 Å². The molecule has 0 aliphatic rings. The summed E-state index contributed by atoms with van der Waals surface area (Å²) in [7, 11) is 0. The van der Waals surface area contributed by atoms with Crippen molar-refractivity contribution in [2.24, 2.45) is 5.73 Å². The summed E-state index contributed by atoms with van der Waals surface area (Å²) in [6, 6.07) is 26.4. The lowest BCUT2D eigenvalue weighted by molar-refractivity contribution is 0.518. The highest BCUT2D eigenvalue weighted by atomic mass is 14.8. The van der Waals surface area contributed by atoms with Gasteiger partial charge in [-0.15, -0.1) is 0 Å². The van der Waals surface area contributed by atoms with Gasteiger partial charge in [0.05, 0.1) is 11.2 Å². The molecule has 0 fully saturated rings. The summed E-state index contributed by atoms with van der Waals surface area (Å²) in [6.45, 7) is 0. The van der Waals surface area contributed by atoms with Crippen LogP contribution in [0.2, 0.25) is 0 Å². The van der Waals surface area contributed by atoms with E-state index in [1.807, 2.05) is 54.6 Å². The highest BCUT2D eigenvalue weighted by molar-refractivity contribution is 5.37. The topological polar surface area (TPSA) is 38.9 Å². The van der Waals surface area contributed by atoms with Crippen LogP contribution in [-0.2, 0) is 12.0 Å². The minimum absolute atomic E-state index is 0.621. The molecule has 0 aliphatic carbocycles. The van der Waals surface area contributed by atoms with E-state index in [0.29, 0.717) is 0 Å².